The smallest absolute Gasteiger partial charge is 0.249 e. The Kier molecular flexibility index (Phi) is 3.65. The Morgan fingerprint density at radius 3 is 2.78 bits per heavy atom. The molecule has 6 atom stereocenters. The van der Waals surface area contributed by atoms with Gasteiger partial charge in [0.05, 0.1) is 37.1 Å². The summed E-state index contributed by atoms with van der Waals surface area (Å²) < 4.78 is 39.1. The standard InChI is InChI=1S/C19H17F2N3O3/c1-26-12-3-2-8(7-23-12)24-19(25)14-13(9-4-5-22-18(21)15(9)20)16-10-6-11(10)17(14)27-16/h2-5,7,10-11,13-14,16-17H,6H2,1H3,(H,24,25)/t10-,11+,13+,14+,16-,17+/m0/s1. The molecule has 2 aromatic rings. The molecule has 1 N–H and O–H groups in total. The lowest BCUT2D eigenvalue weighted by Crippen LogP contribution is -2.37. The van der Waals surface area contributed by atoms with Gasteiger partial charge >= 0.3 is 0 Å². The van der Waals surface area contributed by atoms with Gasteiger partial charge in [0, 0.05) is 23.7 Å². The minimum atomic E-state index is -1.15. The van der Waals surface area contributed by atoms with Crippen LogP contribution in [0.3, 0.4) is 0 Å². The van der Waals surface area contributed by atoms with Crippen molar-refractivity contribution in [1.29, 1.82) is 0 Å². The number of pyridine rings is 2. The number of hydrogen-bond acceptors (Lipinski definition) is 5. The lowest BCUT2D eigenvalue weighted by atomic mass is 9.75. The molecule has 140 valence electrons. The minimum absolute atomic E-state index is 0.161. The third-order valence-corrected chi connectivity index (χ3v) is 5.90. The van der Waals surface area contributed by atoms with Crippen molar-refractivity contribution in [2.75, 3.05) is 12.4 Å². The number of amides is 1. The fraction of sp³-hybridized carbons (Fsp3) is 0.421. The van der Waals surface area contributed by atoms with Gasteiger partial charge in [-0.1, -0.05) is 0 Å². The highest BCUT2D eigenvalue weighted by molar-refractivity contribution is 5.94. The maximum absolute atomic E-state index is 14.4. The molecular formula is C19H17F2N3O3. The molecular weight excluding hydrogens is 356 g/mol. The number of hydrogen-bond donors (Lipinski definition) is 1. The second kappa shape index (κ2) is 5.95. The van der Waals surface area contributed by atoms with Crippen LogP contribution in [0.4, 0.5) is 14.5 Å². The molecule has 2 aliphatic heterocycles. The Morgan fingerprint density at radius 1 is 1.22 bits per heavy atom. The van der Waals surface area contributed by atoms with Crippen LogP contribution in [0.2, 0.25) is 0 Å². The van der Waals surface area contributed by atoms with E-state index in [0.717, 1.165) is 6.42 Å². The lowest BCUT2D eigenvalue weighted by molar-refractivity contribution is -0.122. The average molecular weight is 373 g/mol. The van der Waals surface area contributed by atoms with Gasteiger partial charge in [-0.25, -0.2) is 14.4 Å². The fourth-order valence-corrected chi connectivity index (χ4v) is 4.66. The van der Waals surface area contributed by atoms with E-state index in [1.807, 2.05) is 0 Å². The summed E-state index contributed by atoms with van der Waals surface area (Å²) in [7, 11) is 1.51. The number of rotatable bonds is 4. The molecule has 0 aromatic carbocycles. The molecule has 0 unspecified atom stereocenters. The Morgan fingerprint density at radius 2 is 2.04 bits per heavy atom. The fourth-order valence-electron chi connectivity index (χ4n) is 4.66. The van der Waals surface area contributed by atoms with Gasteiger partial charge in [0.25, 0.3) is 0 Å². The number of fused-ring (bicyclic) bond motifs is 5. The highest BCUT2D eigenvalue weighted by Gasteiger charge is 2.69. The van der Waals surface area contributed by atoms with E-state index >= 15 is 0 Å². The number of methoxy groups -OCH3 is 1. The maximum Gasteiger partial charge on any atom is 0.249 e. The summed E-state index contributed by atoms with van der Waals surface area (Å²) in [6.45, 7) is 0. The van der Waals surface area contributed by atoms with E-state index in [2.05, 4.69) is 15.3 Å². The minimum Gasteiger partial charge on any atom is -0.481 e. The van der Waals surface area contributed by atoms with Crippen molar-refractivity contribution in [3.8, 4) is 5.88 Å². The van der Waals surface area contributed by atoms with Crippen LogP contribution in [0, 0.1) is 29.5 Å². The first kappa shape index (κ1) is 16.6. The number of nitrogens with zero attached hydrogens (tertiary/aromatic N) is 2. The van der Waals surface area contributed by atoms with Crippen molar-refractivity contribution >= 4 is 11.6 Å². The Hall–Kier alpha value is -2.61. The third kappa shape index (κ3) is 2.50. The van der Waals surface area contributed by atoms with Crippen LogP contribution in [-0.4, -0.2) is 35.2 Å². The Labute approximate surface area is 153 Å². The molecule has 4 heterocycles. The first-order valence-corrected chi connectivity index (χ1v) is 8.84. The molecule has 3 aliphatic rings. The van der Waals surface area contributed by atoms with Gasteiger partial charge < -0.3 is 14.8 Å². The van der Waals surface area contributed by atoms with Crippen molar-refractivity contribution in [1.82, 2.24) is 9.97 Å². The summed E-state index contributed by atoms with van der Waals surface area (Å²) in [5.41, 5.74) is 0.671. The molecule has 0 radical (unpaired) electrons. The number of nitrogens with one attached hydrogen (secondary N) is 1. The molecule has 2 saturated heterocycles. The second-order valence-corrected chi connectivity index (χ2v) is 7.26. The lowest BCUT2D eigenvalue weighted by Gasteiger charge is -2.27. The van der Waals surface area contributed by atoms with E-state index in [-0.39, 0.29) is 23.7 Å². The van der Waals surface area contributed by atoms with E-state index in [1.54, 1.807) is 12.1 Å². The largest absolute Gasteiger partial charge is 0.481 e. The SMILES string of the molecule is COc1ccc(NC(=O)[C@H]2[C@@H]3O[C@@H]([C@H]4C[C@H]43)[C@@H]2c2ccnc(F)c2F)cn1. The van der Waals surface area contributed by atoms with E-state index in [0.29, 0.717) is 23.4 Å². The van der Waals surface area contributed by atoms with Crippen LogP contribution < -0.4 is 10.1 Å². The molecule has 8 heteroatoms. The zero-order chi connectivity index (χ0) is 18.7. The first-order valence-electron chi connectivity index (χ1n) is 8.84. The molecule has 6 nitrogen and oxygen atoms in total. The molecule has 0 spiro atoms. The van der Waals surface area contributed by atoms with Crippen molar-refractivity contribution in [2.24, 2.45) is 17.8 Å². The van der Waals surface area contributed by atoms with Crippen molar-refractivity contribution in [2.45, 2.75) is 24.5 Å². The number of carbonyl (C=O) groups excluding carboxylic acids is 1. The molecule has 1 amide bonds. The number of carbonyl (C=O) groups is 1. The predicted molar refractivity (Wildman–Crippen MR) is 90.1 cm³/mol. The van der Waals surface area contributed by atoms with Gasteiger partial charge in [0.15, 0.2) is 5.82 Å². The van der Waals surface area contributed by atoms with Gasteiger partial charge in [-0.3, -0.25) is 4.79 Å². The molecule has 2 aromatic heterocycles. The van der Waals surface area contributed by atoms with Crippen LogP contribution in [0.25, 0.3) is 0 Å². The van der Waals surface area contributed by atoms with Crippen LogP contribution in [-0.2, 0) is 9.53 Å². The normalized spacial score (nSPS) is 32.9. The average Bonchev–Trinajstić information content (AvgIpc) is 3.29. The van der Waals surface area contributed by atoms with Gasteiger partial charge in [0.2, 0.25) is 17.7 Å². The predicted octanol–water partition coefficient (Wildman–Crippen LogP) is 2.52. The van der Waals surface area contributed by atoms with Gasteiger partial charge in [-0.05, 0) is 30.4 Å². The van der Waals surface area contributed by atoms with Crippen LogP contribution >= 0.6 is 0 Å². The topological polar surface area (TPSA) is 73.3 Å². The molecule has 1 saturated carbocycles. The van der Waals surface area contributed by atoms with E-state index in [9.17, 15) is 13.6 Å². The summed E-state index contributed by atoms with van der Waals surface area (Å²) in [5.74, 6) is -2.46. The second-order valence-electron chi connectivity index (χ2n) is 7.26. The molecule has 1 aliphatic carbocycles. The summed E-state index contributed by atoms with van der Waals surface area (Å²) in [4.78, 5) is 20.4. The molecule has 3 fully saturated rings. The van der Waals surface area contributed by atoms with E-state index in [4.69, 9.17) is 9.47 Å². The monoisotopic (exact) mass is 373 g/mol. The summed E-state index contributed by atoms with van der Waals surface area (Å²) in [6.07, 6.45) is 3.15. The number of ether oxygens (including phenoxy) is 2. The van der Waals surface area contributed by atoms with E-state index < -0.39 is 23.6 Å². The van der Waals surface area contributed by atoms with Crippen LogP contribution in [0.15, 0.2) is 30.6 Å². The van der Waals surface area contributed by atoms with Crippen molar-refractivity contribution < 1.29 is 23.0 Å². The van der Waals surface area contributed by atoms with E-state index in [1.165, 1.54) is 25.6 Å². The van der Waals surface area contributed by atoms with Gasteiger partial charge in [-0.2, -0.15) is 4.39 Å². The zero-order valence-corrected chi connectivity index (χ0v) is 14.4. The van der Waals surface area contributed by atoms with Gasteiger partial charge in [0.1, 0.15) is 0 Å². The number of anilines is 1. The third-order valence-electron chi connectivity index (χ3n) is 5.90. The highest BCUT2D eigenvalue weighted by Crippen LogP contribution is 2.65. The quantitative estimate of drug-likeness (QED) is 0.834. The Bertz CT molecular complexity index is 908. The molecule has 2 bridgehead atoms. The first-order chi connectivity index (χ1) is 13.1. The Balaban J connectivity index is 1.45. The number of aromatic nitrogens is 2. The van der Waals surface area contributed by atoms with Gasteiger partial charge in [-0.15, -0.1) is 0 Å². The maximum atomic E-state index is 14.4. The van der Waals surface area contributed by atoms with Crippen molar-refractivity contribution in [3.05, 3.63) is 47.9 Å². The summed E-state index contributed by atoms with van der Waals surface area (Å²) in [5, 5.41) is 2.82. The molecule has 5 rings (SSSR count). The van der Waals surface area contributed by atoms with Crippen LogP contribution in [0.1, 0.15) is 17.9 Å². The number of halogens is 2. The summed E-state index contributed by atoms with van der Waals surface area (Å²) in [6, 6.07) is 4.76. The summed E-state index contributed by atoms with van der Waals surface area (Å²) >= 11 is 0. The highest BCUT2D eigenvalue weighted by atomic mass is 19.2. The van der Waals surface area contributed by atoms with Crippen LogP contribution in [0.5, 0.6) is 5.88 Å². The zero-order valence-electron chi connectivity index (χ0n) is 14.4. The van der Waals surface area contributed by atoms with Crippen molar-refractivity contribution in [3.63, 3.8) is 0 Å². The molecule has 27 heavy (non-hydrogen) atoms.